The molecule has 0 aromatic heterocycles. The molecule has 130 valence electrons. The van der Waals surface area contributed by atoms with Gasteiger partial charge in [-0.05, 0) is 61.6 Å². The molecule has 3 aliphatic heterocycles. The van der Waals surface area contributed by atoms with Crippen molar-refractivity contribution < 1.29 is 9.53 Å². The van der Waals surface area contributed by atoms with Crippen molar-refractivity contribution in [2.24, 2.45) is 16.8 Å². The van der Waals surface area contributed by atoms with Crippen molar-refractivity contribution in [1.82, 2.24) is 10.2 Å². The van der Waals surface area contributed by atoms with Crippen molar-refractivity contribution in [2.45, 2.75) is 38.1 Å². The Hall–Kier alpha value is -2.01. The van der Waals surface area contributed by atoms with Crippen LogP contribution in [0.3, 0.4) is 0 Å². The summed E-state index contributed by atoms with van der Waals surface area (Å²) in [5, 5.41) is 4.58. The van der Waals surface area contributed by atoms with Gasteiger partial charge < -0.3 is 15.0 Å². The fourth-order valence-corrected chi connectivity index (χ4v) is 5.22. The summed E-state index contributed by atoms with van der Waals surface area (Å²) in [5.74, 6) is 3.11. The van der Waals surface area contributed by atoms with E-state index in [1.165, 1.54) is 44.7 Å². The van der Waals surface area contributed by atoms with E-state index in [2.05, 4.69) is 16.4 Å². The lowest BCUT2D eigenvalue weighted by atomic mass is 9.70. The van der Waals surface area contributed by atoms with E-state index in [1.54, 1.807) is 6.07 Å². The highest BCUT2D eigenvalue weighted by molar-refractivity contribution is 6.32. The molecule has 2 atom stereocenters. The van der Waals surface area contributed by atoms with E-state index < -0.39 is 6.09 Å². The molecule has 1 aromatic rings. The summed E-state index contributed by atoms with van der Waals surface area (Å²) in [6.45, 7) is 0. The lowest BCUT2D eigenvalue weighted by Gasteiger charge is -2.39. The van der Waals surface area contributed by atoms with E-state index in [0.717, 1.165) is 28.2 Å². The second kappa shape index (κ2) is 5.49. The molecule has 0 spiro atoms. The number of fused-ring (bicyclic) bond motifs is 1. The van der Waals surface area contributed by atoms with Crippen LogP contribution >= 0.6 is 11.6 Å². The van der Waals surface area contributed by atoms with Crippen molar-refractivity contribution in [3.63, 3.8) is 0 Å². The maximum absolute atomic E-state index is 11.5. The smallest absolute Gasteiger partial charge is 0.409 e. The van der Waals surface area contributed by atoms with E-state index in [4.69, 9.17) is 21.3 Å². The molecule has 5 aliphatic rings. The summed E-state index contributed by atoms with van der Waals surface area (Å²) in [4.78, 5) is 18.8. The zero-order valence-electron chi connectivity index (χ0n) is 14.1. The van der Waals surface area contributed by atoms with Crippen molar-refractivity contribution in [1.29, 1.82) is 0 Å². The Balaban J connectivity index is 1.65. The average molecular weight is 358 g/mol. The quantitative estimate of drug-likeness (QED) is 0.840. The van der Waals surface area contributed by atoms with Gasteiger partial charge in [-0.25, -0.2) is 9.79 Å². The first-order valence-corrected chi connectivity index (χ1v) is 9.29. The predicted molar refractivity (Wildman–Crippen MR) is 94.5 cm³/mol. The molecule has 5 nitrogen and oxygen atoms in total. The molecule has 4 bridgehead atoms. The van der Waals surface area contributed by atoms with Gasteiger partial charge in [0.2, 0.25) is 0 Å². The standard InChI is InChI=1S/C19H20ClN3O2/c1-21-19(24)25-16-3-2-15-14(17(16)20)9-23-13-7-10-4-11(8-13)6-12(5-10)18(23)22-15/h2-3,9-11,13H,4-8H2,1H3,(H,21,24)/t10-,11-/m0/s1. The maximum Gasteiger partial charge on any atom is 0.412 e. The monoisotopic (exact) mass is 357 g/mol. The summed E-state index contributed by atoms with van der Waals surface area (Å²) in [7, 11) is 1.53. The molecule has 3 heterocycles. The van der Waals surface area contributed by atoms with Crippen LogP contribution in [0.25, 0.3) is 6.20 Å². The van der Waals surface area contributed by atoms with Crippen molar-refractivity contribution in [2.75, 3.05) is 7.05 Å². The van der Waals surface area contributed by atoms with Gasteiger partial charge in [0.05, 0.1) is 10.4 Å². The summed E-state index contributed by atoms with van der Waals surface area (Å²) in [6, 6.07) is 4.11. The molecule has 2 fully saturated rings. The molecule has 6 heteroatoms. The SMILES string of the molecule is CNC(=O)Oc1ccc2c(c1Cl)=CN1C(=C3C[C@H]4CC1C[C@H](C3)C4)N=2. The first kappa shape index (κ1) is 15.3. The van der Waals surface area contributed by atoms with Crippen molar-refractivity contribution in [3.05, 3.63) is 39.1 Å². The second-order valence-electron chi connectivity index (χ2n) is 7.53. The minimum Gasteiger partial charge on any atom is -0.409 e. The number of nitrogens with one attached hydrogen (secondary N) is 1. The molecule has 0 unspecified atom stereocenters. The van der Waals surface area contributed by atoms with Crippen molar-refractivity contribution >= 4 is 23.9 Å². The molecule has 2 aliphatic carbocycles. The first-order valence-electron chi connectivity index (χ1n) is 8.91. The van der Waals surface area contributed by atoms with E-state index in [-0.39, 0.29) is 0 Å². The van der Waals surface area contributed by atoms with Crippen LogP contribution in [0, 0.1) is 11.8 Å². The fraction of sp³-hybridized carbons (Fsp3) is 0.474. The number of ether oxygens (including phenoxy) is 1. The molecule has 2 saturated carbocycles. The lowest BCUT2D eigenvalue weighted by molar-refractivity contribution is 0.167. The minimum absolute atomic E-state index is 0.364. The number of carbonyl (C=O) groups is 1. The highest BCUT2D eigenvalue weighted by Gasteiger charge is 2.42. The highest BCUT2D eigenvalue weighted by Crippen LogP contribution is 2.49. The lowest BCUT2D eigenvalue weighted by Crippen LogP contribution is -2.41. The number of hydrogen-bond acceptors (Lipinski definition) is 4. The van der Waals surface area contributed by atoms with Gasteiger partial charge in [-0.1, -0.05) is 11.6 Å². The Bertz CT molecular complexity index is 907. The Morgan fingerprint density at radius 2 is 2.04 bits per heavy atom. The number of halogens is 1. The van der Waals surface area contributed by atoms with Gasteiger partial charge in [0, 0.05) is 24.5 Å². The predicted octanol–water partition coefficient (Wildman–Crippen LogP) is 2.54. The van der Waals surface area contributed by atoms with Crippen LogP contribution in [0.4, 0.5) is 4.79 Å². The van der Waals surface area contributed by atoms with Gasteiger partial charge in [0.15, 0.2) is 5.75 Å². The second-order valence-corrected chi connectivity index (χ2v) is 7.90. The van der Waals surface area contributed by atoms with Gasteiger partial charge in [-0.2, -0.15) is 0 Å². The van der Waals surface area contributed by atoms with Crippen LogP contribution in [-0.2, 0) is 0 Å². The zero-order valence-corrected chi connectivity index (χ0v) is 14.8. The van der Waals surface area contributed by atoms with Crippen LogP contribution < -0.4 is 20.6 Å². The zero-order chi connectivity index (χ0) is 17.1. The molecule has 1 aromatic carbocycles. The number of nitrogens with zero attached hydrogens (tertiary/aromatic N) is 2. The van der Waals surface area contributed by atoms with Gasteiger partial charge in [0.25, 0.3) is 0 Å². The number of hydrogen-bond donors (Lipinski definition) is 1. The molecule has 0 saturated heterocycles. The molecule has 0 radical (unpaired) electrons. The van der Waals surface area contributed by atoms with Crippen LogP contribution in [0.2, 0.25) is 5.02 Å². The highest BCUT2D eigenvalue weighted by atomic mass is 35.5. The number of rotatable bonds is 1. The molecular formula is C19H20ClN3O2. The molecule has 25 heavy (non-hydrogen) atoms. The minimum atomic E-state index is -0.525. The first-order chi connectivity index (χ1) is 12.1. The summed E-state index contributed by atoms with van der Waals surface area (Å²) >= 11 is 6.54. The molecular weight excluding hydrogens is 338 g/mol. The number of benzene rings is 1. The third-order valence-electron chi connectivity index (χ3n) is 5.92. The molecule has 1 N–H and O–H groups in total. The van der Waals surface area contributed by atoms with E-state index in [9.17, 15) is 4.79 Å². The van der Waals surface area contributed by atoms with Crippen LogP contribution in [0.1, 0.15) is 32.1 Å². The van der Waals surface area contributed by atoms with Gasteiger partial charge in [0.1, 0.15) is 5.82 Å². The molecule has 6 rings (SSSR count). The average Bonchev–Trinajstić information content (AvgIpc) is 2.77. The van der Waals surface area contributed by atoms with Gasteiger partial charge >= 0.3 is 6.09 Å². The van der Waals surface area contributed by atoms with Gasteiger partial charge in [-0.3, -0.25) is 0 Å². The van der Waals surface area contributed by atoms with Crippen LogP contribution in [0.5, 0.6) is 5.75 Å². The Kier molecular flexibility index (Phi) is 3.35. The fourth-order valence-electron chi connectivity index (χ4n) is 4.98. The van der Waals surface area contributed by atoms with E-state index in [0.29, 0.717) is 16.8 Å². The number of carbonyl (C=O) groups excluding carboxylic acids is 1. The summed E-state index contributed by atoms with van der Waals surface area (Å²) in [6.07, 6.45) is 7.82. The topological polar surface area (TPSA) is 53.9 Å². The van der Waals surface area contributed by atoms with Crippen molar-refractivity contribution in [3.8, 4) is 5.75 Å². The normalized spacial score (nSPS) is 28.6. The van der Waals surface area contributed by atoms with E-state index >= 15 is 0 Å². The van der Waals surface area contributed by atoms with Gasteiger partial charge in [-0.15, -0.1) is 0 Å². The van der Waals surface area contributed by atoms with E-state index in [1.807, 2.05) is 6.07 Å². The third-order valence-corrected chi connectivity index (χ3v) is 6.31. The summed E-state index contributed by atoms with van der Waals surface area (Å²) < 4.78 is 5.26. The Morgan fingerprint density at radius 1 is 1.28 bits per heavy atom. The Morgan fingerprint density at radius 3 is 2.76 bits per heavy atom. The largest absolute Gasteiger partial charge is 0.412 e. The van der Waals surface area contributed by atoms with Crippen LogP contribution in [0.15, 0.2) is 28.5 Å². The molecule has 1 amide bonds. The number of allylic oxidation sites excluding steroid dienone is 1. The van der Waals surface area contributed by atoms with Crippen LogP contribution in [-0.4, -0.2) is 24.1 Å². The summed E-state index contributed by atoms with van der Waals surface area (Å²) in [5.41, 5.74) is 1.50. The maximum atomic E-state index is 11.5. The Labute approximate surface area is 151 Å². The number of amides is 1. The third kappa shape index (κ3) is 2.36.